The van der Waals surface area contributed by atoms with Gasteiger partial charge in [-0.15, -0.1) is 0 Å². The highest BCUT2D eigenvalue weighted by atomic mass is 35.5. The fourth-order valence-corrected chi connectivity index (χ4v) is 1.66. The molecule has 5 heteroatoms. The molecule has 1 aromatic carbocycles. The lowest BCUT2D eigenvalue weighted by molar-refractivity contribution is 0.119. The topological polar surface area (TPSA) is 40.0 Å². The Hall–Kier alpha value is -1.42. The van der Waals surface area contributed by atoms with E-state index in [2.05, 4.69) is 5.16 Å². The van der Waals surface area contributed by atoms with Gasteiger partial charge in [0.25, 0.3) is 0 Å². The molecule has 0 aromatic heterocycles. The van der Waals surface area contributed by atoms with Crippen LogP contribution in [0.25, 0.3) is 0 Å². The van der Waals surface area contributed by atoms with Crippen molar-refractivity contribution in [3.05, 3.63) is 28.8 Å². The number of ether oxygens (including phenoxy) is 2. The molecule has 0 aliphatic carbocycles. The third-order valence-corrected chi connectivity index (χ3v) is 2.43. The van der Waals surface area contributed by atoms with Crippen molar-refractivity contribution < 1.29 is 14.3 Å². The Bertz CT molecular complexity index is 433. The van der Waals surface area contributed by atoms with Gasteiger partial charge in [0.15, 0.2) is 0 Å². The van der Waals surface area contributed by atoms with Gasteiger partial charge in [0.2, 0.25) is 5.90 Å². The van der Waals surface area contributed by atoms with E-state index < -0.39 is 0 Å². The first-order valence-electron chi connectivity index (χ1n) is 6.27. The number of halogens is 1. The van der Waals surface area contributed by atoms with Crippen molar-refractivity contribution in [1.82, 2.24) is 0 Å². The van der Waals surface area contributed by atoms with Gasteiger partial charge in [0, 0.05) is 6.92 Å². The van der Waals surface area contributed by atoms with Gasteiger partial charge in [-0.2, -0.15) is 0 Å². The van der Waals surface area contributed by atoms with Gasteiger partial charge in [-0.1, -0.05) is 22.8 Å². The second-order valence-corrected chi connectivity index (χ2v) is 4.66. The summed E-state index contributed by atoms with van der Waals surface area (Å²) in [5.74, 6) is 1.18. The van der Waals surface area contributed by atoms with Gasteiger partial charge in [-0.3, -0.25) is 0 Å². The van der Waals surface area contributed by atoms with Gasteiger partial charge in [-0.25, -0.2) is 0 Å². The Kier molecular flexibility index (Phi) is 6.50. The predicted octanol–water partition coefficient (Wildman–Crippen LogP) is 4.01. The van der Waals surface area contributed by atoms with Crippen molar-refractivity contribution in [3.63, 3.8) is 0 Å². The zero-order valence-electron chi connectivity index (χ0n) is 11.8. The molecule has 0 aliphatic rings. The Morgan fingerprint density at radius 1 is 1.37 bits per heavy atom. The molecule has 0 unspecified atom stereocenters. The molecule has 0 saturated carbocycles. The lowest BCUT2D eigenvalue weighted by Crippen LogP contribution is -2.06. The fourth-order valence-electron chi connectivity index (χ4n) is 1.42. The molecule has 1 aromatic rings. The quantitative estimate of drug-likeness (QED) is 0.450. The zero-order chi connectivity index (χ0) is 14.3. The maximum atomic E-state index is 6.12. The largest absolute Gasteiger partial charge is 0.489 e. The van der Waals surface area contributed by atoms with Crippen LogP contribution in [0.2, 0.25) is 5.02 Å². The summed E-state index contributed by atoms with van der Waals surface area (Å²) in [4.78, 5) is 5.17. The van der Waals surface area contributed by atoms with Gasteiger partial charge in [0.05, 0.1) is 17.7 Å². The summed E-state index contributed by atoms with van der Waals surface area (Å²) in [5.41, 5.74) is 0.925. The first kappa shape index (κ1) is 15.6. The Morgan fingerprint density at radius 2 is 2.11 bits per heavy atom. The average Bonchev–Trinajstić information content (AvgIpc) is 2.32. The normalized spacial score (nSPS) is 11.6. The number of nitrogens with zero attached hydrogens (tertiary/aromatic N) is 1. The molecular weight excluding hydrogens is 266 g/mol. The number of hydrogen-bond donors (Lipinski definition) is 0. The van der Waals surface area contributed by atoms with Gasteiger partial charge in [0.1, 0.15) is 12.4 Å². The standard InChI is InChI=1S/C14H20ClNO3/c1-5-17-11(4)16-18-9-12-6-7-14(13(15)8-12)19-10(2)3/h6-8,10H,5,9H2,1-4H3/b16-11+. The van der Waals surface area contributed by atoms with Crippen molar-refractivity contribution >= 4 is 17.5 Å². The molecule has 0 N–H and O–H groups in total. The number of benzene rings is 1. The van der Waals surface area contributed by atoms with Crippen LogP contribution in [0.4, 0.5) is 0 Å². The Labute approximate surface area is 119 Å². The van der Waals surface area contributed by atoms with E-state index >= 15 is 0 Å². The summed E-state index contributed by atoms with van der Waals surface area (Å²) in [6.45, 7) is 8.47. The van der Waals surface area contributed by atoms with Gasteiger partial charge < -0.3 is 14.3 Å². The highest BCUT2D eigenvalue weighted by Gasteiger charge is 2.05. The molecule has 0 spiro atoms. The van der Waals surface area contributed by atoms with Crippen LogP contribution >= 0.6 is 11.6 Å². The Morgan fingerprint density at radius 3 is 2.68 bits per heavy atom. The minimum Gasteiger partial charge on any atom is -0.489 e. The van der Waals surface area contributed by atoms with Crippen LogP contribution in [0.3, 0.4) is 0 Å². The fraction of sp³-hybridized carbons (Fsp3) is 0.500. The molecule has 0 saturated heterocycles. The van der Waals surface area contributed by atoms with E-state index in [1.165, 1.54) is 0 Å². The lowest BCUT2D eigenvalue weighted by atomic mass is 10.2. The van der Waals surface area contributed by atoms with E-state index in [4.69, 9.17) is 25.9 Å². The first-order valence-corrected chi connectivity index (χ1v) is 6.65. The molecule has 1 rings (SSSR count). The van der Waals surface area contributed by atoms with Crippen molar-refractivity contribution in [2.75, 3.05) is 6.61 Å². The smallest absolute Gasteiger partial charge is 0.222 e. The van der Waals surface area contributed by atoms with Crippen molar-refractivity contribution in [3.8, 4) is 5.75 Å². The van der Waals surface area contributed by atoms with Gasteiger partial charge in [-0.05, 0) is 38.5 Å². The number of rotatable bonds is 6. The van der Waals surface area contributed by atoms with E-state index in [0.29, 0.717) is 29.9 Å². The van der Waals surface area contributed by atoms with Crippen LogP contribution < -0.4 is 4.74 Å². The Balaban J connectivity index is 2.56. The monoisotopic (exact) mass is 285 g/mol. The molecule has 106 valence electrons. The third kappa shape index (κ3) is 5.83. The summed E-state index contributed by atoms with van der Waals surface area (Å²) in [6, 6.07) is 5.54. The average molecular weight is 286 g/mol. The van der Waals surface area contributed by atoms with Crippen molar-refractivity contribution in [2.24, 2.45) is 5.16 Å². The highest BCUT2D eigenvalue weighted by Crippen LogP contribution is 2.26. The van der Waals surface area contributed by atoms with Crippen molar-refractivity contribution in [2.45, 2.75) is 40.4 Å². The molecule has 0 radical (unpaired) electrons. The third-order valence-electron chi connectivity index (χ3n) is 2.14. The van der Waals surface area contributed by atoms with Crippen LogP contribution in [0.1, 0.15) is 33.3 Å². The van der Waals surface area contributed by atoms with Crippen LogP contribution in [-0.2, 0) is 16.2 Å². The summed E-state index contributed by atoms with van der Waals surface area (Å²) < 4.78 is 10.7. The van der Waals surface area contributed by atoms with Crippen LogP contribution in [-0.4, -0.2) is 18.6 Å². The van der Waals surface area contributed by atoms with E-state index in [1.807, 2.05) is 39.0 Å². The molecule has 0 atom stereocenters. The minimum atomic E-state index is 0.0954. The second kappa shape index (κ2) is 7.89. The summed E-state index contributed by atoms with van der Waals surface area (Å²) >= 11 is 6.12. The van der Waals surface area contributed by atoms with Crippen LogP contribution in [0.5, 0.6) is 5.75 Å². The zero-order valence-corrected chi connectivity index (χ0v) is 12.5. The molecule has 19 heavy (non-hydrogen) atoms. The molecule has 0 fully saturated rings. The molecule has 0 bridgehead atoms. The minimum absolute atomic E-state index is 0.0954. The molecule has 0 heterocycles. The second-order valence-electron chi connectivity index (χ2n) is 4.25. The summed E-state index contributed by atoms with van der Waals surface area (Å²) in [7, 11) is 0. The maximum Gasteiger partial charge on any atom is 0.222 e. The maximum absolute atomic E-state index is 6.12. The van der Waals surface area contributed by atoms with Gasteiger partial charge >= 0.3 is 0 Å². The van der Waals surface area contributed by atoms with Crippen LogP contribution in [0.15, 0.2) is 23.4 Å². The SMILES string of the molecule is CCO/C(C)=N/OCc1ccc(OC(C)C)c(Cl)c1. The number of hydrogen-bond acceptors (Lipinski definition) is 4. The van der Waals surface area contributed by atoms with Crippen molar-refractivity contribution in [1.29, 1.82) is 0 Å². The van der Waals surface area contributed by atoms with Crippen LogP contribution in [0, 0.1) is 0 Å². The van der Waals surface area contributed by atoms with E-state index in [-0.39, 0.29) is 6.10 Å². The predicted molar refractivity (Wildman–Crippen MR) is 76.7 cm³/mol. The summed E-state index contributed by atoms with van der Waals surface area (Å²) in [5, 5.41) is 4.40. The lowest BCUT2D eigenvalue weighted by Gasteiger charge is -2.12. The van der Waals surface area contributed by atoms with E-state index in [1.54, 1.807) is 6.92 Å². The molecule has 0 amide bonds. The summed E-state index contributed by atoms with van der Waals surface area (Å²) in [6.07, 6.45) is 0.0954. The highest BCUT2D eigenvalue weighted by molar-refractivity contribution is 6.32. The van der Waals surface area contributed by atoms with E-state index in [9.17, 15) is 0 Å². The first-order chi connectivity index (χ1) is 9.02. The molecule has 0 aliphatic heterocycles. The number of oxime groups is 1. The molecule has 4 nitrogen and oxygen atoms in total. The molecular formula is C14H20ClNO3. The van der Waals surface area contributed by atoms with E-state index in [0.717, 1.165) is 5.56 Å².